The summed E-state index contributed by atoms with van der Waals surface area (Å²) >= 11 is 0. The molecule has 0 spiro atoms. The van der Waals surface area contributed by atoms with E-state index < -0.39 is 0 Å². The number of ether oxygens (including phenoxy) is 1. The van der Waals surface area contributed by atoms with E-state index in [0.717, 1.165) is 37.2 Å². The van der Waals surface area contributed by atoms with Gasteiger partial charge in [0.1, 0.15) is 5.76 Å². The number of hydrogen-bond acceptors (Lipinski definition) is 2. The minimum Gasteiger partial charge on any atom is -0.497 e. The van der Waals surface area contributed by atoms with Crippen molar-refractivity contribution in [2.24, 2.45) is 0 Å². The third kappa shape index (κ3) is 1.88. The van der Waals surface area contributed by atoms with Crippen molar-refractivity contribution in [2.45, 2.75) is 31.6 Å². The molecule has 3 rings (SSSR count). The number of allylic oxidation sites excluding steroid dienone is 2. The zero-order chi connectivity index (χ0) is 11.7. The third-order valence-electron chi connectivity index (χ3n) is 3.64. The molecule has 17 heavy (non-hydrogen) atoms. The van der Waals surface area contributed by atoms with Crippen LogP contribution in [0.3, 0.4) is 0 Å². The van der Waals surface area contributed by atoms with Crippen molar-refractivity contribution in [1.29, 1.82) is 0 Å². The van der Waals surface area contributed by atoms with E-state index in [1.165, 1.54) is 5.56 Å². The maximum absolute atomic E-state index is 12.1. The van der Waals surface area contributed by atoms with Crippen molar-refractivity contribution in [3.63, 3.8) is 0 Å². The Balaban J connectivity index is 2.02. The number of ketones is 1. The Labute approximate surface area is 101 Å². The van der Waals surface area contributed by atoms with Crippen LogP contribution in [0.25, 0.3) is 0 Å². The van der Waals surface area contributed by atoms with Gasteiger partial charge in [0.2, 0.25) is 0 Å². The van der Waals surface area contributed by atoms with Gasteiger partial charge in [0, 0.05) is 24.3 Å². The smallest absolute Gasteiger partial charge is 0.162 e. The number of benzene rings is 1. The fourth-order valence-electron chi connectivity index (χ4n) is 2.84. The van der Waals surface area contributed by atoms with Gasteiger partial charge in [-0.25, -0.2) is 0 Å². The molecule has 0 saturated carbocycles. The van der Waals surface area contributed by atoms with Crippen molar-refractivity contribution in [2.75, 3.05) is 6.61 Å². The Morgan fingerprint density at radius 1 is 1.12 bits per heavy atom. The Kier molecular flexibility index (Phi) is 2.71. The van der Waals surface area contributed by atoms with E-state index in [9.17, 15) is 4.79 Å². The molecule has 0 bridgehead atoms. The Bertz CT molecular complexity index is 455. The van der Waals surface area contributed by atoms with E-state index in [0.29, 0.717) is 12.2 Å². The largest absolute Gasteiger partial charge is 0.497 e. The lowest BCUT2D eigenvalue weighted by atomic mass is 9.80. The van der Waals surface area contributed by atoms with Crippen LogP contribution in [0.15, 0.2) is 41.7 Å². The molecule has 0 aromatic heterocycles. The fourth-order valence-corrected chi connectivity index (χ4v) is 2.84. The average molecular weight is 228 g/mol. The molecule has 1 aromatic carbocycles. The van der Waals surface area contributed by atoms with Crippen molar-refractivity contribution >= 4 is 5.78 Å². The molecule has 1 atom stereocenters. The van der Waals surface area contributed by atoms with E-state index in [2.05, 4.69) is 12.1 Å². The molecule has 1 aromatic rings. The number of carbonyl (C=O) groups is 1. The lowest BCUT2D eigenvalue weighted by Crippen LogP contribution is -2.24. The second kappa shape index (κ2) is 4.36. The van der Waals surface area contributed by atoms with Crippen LogP contribution < -0.4 is 0 Å². The van der Waals surface area contributed by atoms with Crippen LogP contribution >= 0.6 is 0 Å². The van der Waals surface area contributed by atoms with Crippen LogP contribution in [-0.2, 0) is 9.53 Å². The topological polar surface area (TPSA) is 26.3 Å². The fraction of sp³-hybridized carbons (Fsp3) is 0.400. The number of carbonyl (C=O) groups excluding carboxylic acids is 1. The quantitative estimate of drug-likeness (QED) is 0.737. The van der Waals surface area contributed by atoms with Crippen molar-refractivity contribution in [1.82, 2.24) is 0 Å². The SMILES string of the molecule is O=C1CCCC2=C1C(c1ccccc1)CCO2. The molecule has 2 nitrogen and oxygen atoms in total. The van der Waals surface area contributed by atoms with E-state index in [1.54, 1.807) is 0 Å². The summed E-state index contributed by atoms with van der Waals surface area (Å²) in [5, 5.41) is 0. The van der Waals surface area contributed by atoms with Gasteiger partial charge in [0.05, 0.1) is 6.61 Å². The van der Waals surface area contributed by atoms with Gasteiger partial charge in [0.15, 0.2) is 5.78 Å². The number of Topliss-reactive ketones (excluding diaryl/α,β-unsaturated/α-hetero) is 1. The van der Waals surface area contributed by atoms with E-state index >= 15 is 0 Å². The molecule has 1 aliphatic carbocycles. The Hall–Kier alpha value is -1.57. The molecule has 2 aliphatic rings. The predicted octanol–water partition coefficient (Wildman–Crippen LogP) is 3.20. The standard InChI is InChI=1S/C15H16O2/c16-13-7-4-8-14-15(13)12(9-10-17-14)11-5-2-1-3-6-11/h1-3,5-6,12H,4,7-10H2. The summed E-state index contributed by atoms with van der Waals surface area (Å²) in [7, 11) is 0. The second-order valence-corrected chi connectivity index (χ2v) is 4.71. The zero-order valence-corrected chi connectivity index (χ0v) is 9.82. The predicted molar refractivity (Wildman–Crippen MR) is 65.6 cm³/mol. The van der Waals surface area contributed by atoms with Gasteiger partial charge >= 0.3 is 0 Å². The maximum Gasteiger partial charge on any atom is 0.162 e. The van der Waals surface area contributed by atoms with Gasteiger partial charge in [0.25, 0.3) is 0 Å². The molecular weight excluding hydrogens is 212 g/mol. The molecule has 88 valence electrons. The molecule has 1 aliphatic heterocycles. The molecular formula is C15H16O2. The summed E-state index contributed by atoms with van der Waals surface area (Å²) in [5.41, 5.74) is 2.20. The normalized spacial score (nSPS) is 24.2. The highest BCUT2D eigenvalue weighted by molar-refractivity contribution is 5.98. The summed E-state index contributed by atoms with van der Waals surface area (Å²) < 4.78 is 5.66. The van der Waals surface area contributed by atoms with Crippen molar-refractivity contribution in [3.05, 3.63) is 47.2 Å². The van der Waals surface area contributed by atoms with Gasteiger partial charge < -0.3 is 4.74 Å². The molecule has 2 heteroatoms. The van der Waals surface area contributed by atoms with E-state index in [4.69, 9.17) is 4.74 Å². The first kappa shape index (κ1) is 10.6. The summed E-state index contributed by atoms with van der Waals surface area (Å²) in [5.74, 6) is 1.51. The van der Waals surface area contributed by atoms with Crippen LogP contribution in [0, 0.1) is 0 Å². The van der Waals surface area contributed by atoms with Gasteiger partial charge in [-0.3, -0.25) is 4.79 Å². The first-order valence-electron chi connectivity index (χ1n) is 6.30. The molecule has 1 heterocycles. The summed E-state index contributed by atoms with van der Waals surface area (Å²) in [6.07, 6.45) is 3.49. The highest BCUT2D eigenvalue weighted by Gasteiger charge is 2.32. The van der Waals surface area contributed by atoms with E-state index in [-0.39, 0.29) is 5.92 Å². The highest BCUT2D eigenvalue weighted by atomic mass is 16.5. The lowest BCUT2D eigenvalue weighted by molar-refractivity contribution is -0.117. The molecule has 0 fully saturated rings. The lowest BCUT2D eigenvalue weighted by Gasteiger charge is -2.31. The Morgan fingerprint density at radius 2 is 1.94 bits per heavy atom. The van der Waals surface area contributed by atoms with Crippen LogP contribution in [0.2, 0.25) is 0 Å². The van der Waals surface area contributed by atoms with Crippen LogP contribution in [0.5, 0.6) is 0 Å². The molecule has 0 radical (unpaired) electrons. The molecule has 0 N–H and O–H groups in total. The van der Waals surface area contributed by atoms with Crippen LogP contribution in [0.4, 0.5) is 0 Å². The summed E-state index contributed by atoms with van der Waals surface area (Å²) in [4.78, 5) is 12.1. The van der Waals surface area contributed by atoms with Crippen LogP contribution in [0.1, 0.15) is 37.2 Å². The van der Waals surface area contributed by atoms with Gasteiger partial charge in [-0.05, 0) is 18.4 Å². The van der Waals surface area contributed by atoms with Gasteiger partial charge in [-0.2, -0.15) is 0 Å². The van der Waals surface area contributed by atoms with Crippen molar-refractivity contribution < 1.29 is 9.53 Å². The van der Waals surface area contributed by atoms with Gasteiger partial charge in [-0.1, -0.05) is 30.3 Å². The minimum absolute atomic E-state index is 0.257. The van der Waals surface area contributed by atoms with Crippen molar-refractivity contribution in [3.8, 4) is 0 Å². The molecule has 1 unspecified atom stereocenters. The summed E-state index contributed by atoms with van der Waals surface area (Å²) in [6.45, 7) is 0.742. The van der Waals surface area contributed by atoms with Crippen LogP contribution in [-0.4, -0.2) is 12.4 Å². The first-order valence-corrected chi connectivity index (χ1v) is 6.30. The van der Waals surface area contributed by atoms with E-state index in [1.807, 2.05) is 18.2 Å². The maximum atomic E-state index is 12.1. The highest BCUT2D eigenvalue weighted by Crippen LogP contribution is 2.39. The second-order valence-electron chi connectivity index (χ2n) is 4.71. The molecule has 0 saturated heterocycles. The number of rotatable bonds is 1. The zero-order valence-electron chi connectivity index (χ0n) is 9.82. The summed E-state index contributed by atoms with van der Waals surface area (Å²) in [6, 6.07) is 10.3. The molecule has 0 amide bonds. The average Bonchev–Trinajstić information content (AvgIpc) is 2.39. The van der Waals surface area contributed by atoms with Gasteiger partial charge in [-0.15, -0.1) is 0 Å². The monoisotopic (exact) mass is 228 g/mol. The Morgan fingerprint density at radius 3 is 2.76 bits per heavy atom. The third-order valence-corrected chi connectivity index (χ3v) is 3.64. The first-order chi connectivity index (χ1) is 8.36. The minimum atomic E-state index is 0.257. The number of hydrogen-bond donors (Lipinski definition) is 0.